The van der Waals surface area contributed by atoms with Gasteiger partial charge < -0.3 is 15.0 Å². The summed E-state index contributed by atoms with van der Waals surface area (Å²) < 4.78 is 44.9. The first kappa shape index (κ1) is 29.1. The fourth-order valence-electron chi connectivity index (χ4n) is 6.07. The minimum atomic E-state index is -4.33. The van der Waals surface area contributed by atoms with Gasteiger partial charge in [0.25, 0.3) is 5.91 Å². The summed E-state index contributed by atoms with van der Waals surface area (Å²) in [6, 6.07) is 27.7. The van der Waals surface area contributed by atoms with Gasteiger partial charge in [0.05, 0.1) is 5.56 Å². The van der Waals surface area contributed by atoms with Crippen molar-refractivity contribution in [1.82, 2.24) is 10.2 Å². The van der Waals surface area contributed by atoms with Crippen LogP contribution in [-0.4, -0.2) is 49.1 Å². The van der Waals surface area contributed by atoms with Gasteiger partial charge >= 0.3 is 6.18 Å². The maximum Gasteiger partial charge on any atom is 0.416 e. The fraction of sp³-hybridized carbons (Fsp3) is 0.343. The lowest BCUT2D eigenvalue weighted by Gasteiger charge is -2.34. The third-order valence-corrected chi connectivity index (χ3v) is 8.55. The lowest BCUT2D eigenvalue weighted by molar-refractivity contribution is -0.137. The molecule has 2 aliphatic heterocycles. The van der Waals surface area contributed by atoms with E-state index in [2.05, 4.69) is 39.4 Å². The number of likely N-dealkylation sites (tertiary alicyclic amines) is 1. The van der Waals surface area contributed by atoms with E-state index >= 15 is 0 Å². The van der Waals surface area contributed by atoms with Crippen LogP contribution in [0.1, 0.15) is 47.2 Å². The van der Waals surface area contributed by atoms with Crippen LogP contribution in [0.25, 0.3) is 10.8 Å². The average molecular weight is 588 g/mol. The number of amides is 1. The topological polar surface area (TPSA) is 44.8 Å². The summed E-state index contributed by atoms with van der Waals surface area (Å²) in [7, 11) is 0. The number of rotatable bonds is 7. The summed E-state index contributed by atoms with van der Waals surface area (Å²) in [6.45, 7) is 4.31. The van der Waals surface area contributed by atoms with E-state index in [4.69, 9.17) is 4.74 Å². The third kappa shape index (κ3) is 7.31. The second-order valence-corrected chi connectivity index (χ2v) is 11.6. The summed E-state index contributed by atoms with van der Waals surface area (Å²) in [5.74, 6) is 0.739. The van der Waals surface area contributed by atoms with Gasteiger partial charge in [0.1, 0.15) is 11.9 Å². The third-order valence-electron chi connectivity index (χ3n) is 8.55. The maximum absolute atomic E-state index is 13.0. The van der Waals surface area contributed by atoms with E-state index in [9.17, 15) is 18.0 Å². The van der Waals surface area contributed by atoms with Gasteiger partial charge in [-0.05, 0) is 77.7 Å². The fourth-order valence-corrected chi connectivity index (χ4v) is 6.07. The number of halogens is 3. The Morgan fingerprint density at radius 2 is 1.47 bits per heavy atom. The van der Waals surface area contributed by atoms with Gasteiger partial charge in [-0.25, -0.2) is 0 Å². The Labute approximate surface area is 250 Å². The number of hydrogen-bond donors (Lipinski definition) is 1. The van der Waals surface area contributed by atoms with Crippen LogP contribution in [0.2, 0.25) is 0 Å². The van der Waals surface area contributed by atoms with Gasteiger partial charge in [0, 0.05) is 62.9 Å². The van der Waals surface area contributed by atoms with E-state index in [-0.39, 0.29) is 18.1 Å². The first-order valence-corrected chi connectivity index (χ1v) is 15.0. The summed E-state index contributed by atoms with van der Waals surface area (Å²) in [4.78, 5) is 17.6. The predicted octanol–water partition coefficient (Wildman–Crippen LogP) is 7.30. The second kappa shape index (κ2) is 12.7. The average Bonchev–Trinajstić information content (AvgIpc) is 3.02. The van der Waals surface area contributed by atoms with Crippen molar-refractivity contribution in [2.45, 2.75) is 50.6 Å². The van der Waals surface area contributed by atoms with E-state index in [1.807, 2.05) is 42.5 Å². The number of carbonyl (C=O) groups is 1. The van der Waals surface area contributed by atoms with Crippen molar-refractivity contribution in [1.29, 1.82) is 0 Å². The number of carbonyl (C=O) groups excluding carboxylic acids is 1. The van der Waals surface area contributed by atoms with Crippen LogP contribution in [0.4, 0.5) is 18.9 Å². The molecule has 0 spiro atoms. The molecule has 0 saturated carbocycles. The molecule has 4 aromatic rings. The molecule has 2 heterocycles. The molecule has 1 amide bonds. The van der Waals surface area contributed by atoms with Gasteiger partial charge in [-0.2, -0.15) is 13.2 Å². The molecule has 224 valence electrons. The number of nitrogens with one attached hydrogen (secondary N) is 1. The SMILES string of the molecule is O=C(NC1CCN(Cc2ccccc2)CC1)c1ccc2cc(OC3CCN(c4ccc(C(F)(F)F)cc4)CC3)ccc2c1. The van der Waals surface area contributed by atoms with Crippen molar-refractivity contribution >= 4 is 22.4 Å². The quantitative estimate of drug-likeness (QED) is 0.247. The molecule has 2 fully saturated rings. The van der Waals surface area contributed by atoms with Gasteiger partial charge in [0.15, 0.2) is 0 Å². The Balaban J connectivity index is 0.987. The van der Waals surface area contributed by atoms with Crippen molar-refractivity contribution in [2.24, 2.45) is 0 Å². The normalized spacial score (nSPS) is 17.2. The minimum Gasteiger partial charge on any atom is -0.490 e. The number of hydrogen-bond acceptors (Lipinski definition) is 4. The molecular weight excluding hydrogens is 551 g/mol. The Kier molecular flexibility index (Phi) is 8.56. The van der Waals surface area contributed by atoms with Crippen LogP contribution in [0.3, 0.4) is 0 Å². The standard InChI is InChI=1S/C35H36F3N3O2/c36-35(37,38)29-9-11-31(12-10-29)41-20-16-32(17-21-41)43-33-13-8-26-22-28(7-6-27(26)23-33)34(42)39-30-14-18-40(19-15-30)24-25-4-2-1-3-5-25/h1-13,22-23,30,32H,14-21,24H2,(H,39,42). The zero-order valence-corrected chi connectivity index (χ0v) is 24.0. The lowest BCUT2D eigenvalue weighted by atomic mass is 10.0. The number of ether oxygens (including phenoxy) is 1. The number of piperidine rings is 2. The summed E-state index contributed by atoms with van der Waals surface area (Å²) in [5, 5.41) is 5.22. The maximum atomic E-state index is 13.0. The zero-order valence-electron chi connectivity index (χ0n) is 24.0. The van der Waals surface area contributed by atoms with Crippen LogP contribution in [0.5, 0.6) is 5.75 Å². The highest BCUT2D eigenvalue weighted by Gasteiger charge is 2.30. The summed E-state index contributed by atoms with van der Waals surface area (Å²) >= 11 is 0. The van der Waals surface area contributed by atoms with Gasteiger partial charge in [-0.1, -0.05) is 42.5 Å². The summed E-state index contributed by atoms with van der Waals surface area (Å²) in [5.41, 5.74) is 2.14. The van der Waals surface area contributed by atoms with Gasteiger partial charge in [0.2, 0.25) is 0 Å². The molecule has 8 heteroatoms. The van der Waals surface area contributed by atoms with E-state index in [0.717, 1.165) is 79.7 Å². The van der Waals surface area contributed by atoms with E-state index in [1.165, 1.54) is 17.7 Å². The van der Waals surface area contributed by atoms with Crippen molar-refractivity contribution in [3.05, 3.63) is 108 Å². The van der Waals surface area contributed by atoms with E-state index in [0.29, 0.717) is 18.7 Å². The van der Waals surface area contributed by atoms with Crippen molar-refractivity contribution in [3.63, 3.8) is 0 Å². The highest BCUT2D eigenvalue weighted by molar-refractivity contribution is 5.99. The zero-order chi connectivity index (χ0) is 29.8. The molecule has 0 atom stereocenters. The summed E-state index contributed by atoms with van der Waals surface area (Å²) in [6.07, 6.45) is -0.847. The van der Waals surface area contributed by atoms with Crippen LogP contribution in [0.15, 0.2) is 91.0 Å². The van der Waals surface area contributed by atoms with Crippen LogP contribution in [0, 0.1) is 0 Å². The number of fused-ring (bicyclic) bond motifs is 1. The molecule has 0 aromatic heterocycles. The molecule has 0 bridgehead atoms. The molecule has 6 rings (SSSR count). The Morgan fingerprint density at radius 3 is 2.16 bits per heavy atom. The molecule has 4 aromatic carbocycles. The Morgan fingerprint density at radius 1 is 0.791 bits per heavy atom. The number of benzene rings is 4. The molecule has 5 nitrogen and oxygen atoms in total. The first-order valence-electron chi connectivity index (χ1n) is 15.0. The molecule has 2 aliphatic rings. The van der Waals surface area contributed by atoms with E-state index in [1.54, 1.807) is 0 Å². The predicted molar refractivity (Wildman–Crippen MR) is 163 cm³/mol. The van der Waals surface area contributed by atoms with E-state index < -0.39 is 11.7 Å². The second-order valence-electron chi connectivity index (χ2n) is 11.6. The smallest absolute Gasteiger partial charge is 0.416 e. The molecular formula is C35H36F3N3O2. The molecule has 43 heavy (non-hydrogen) atoms. The lowest BCUT2D eigenvalue weighted by Crippen LogP contribution is -2.44. The van der Waals surface area contributed by atoms with Crippen LogP contribution < -0.4 is 15.0 Å². The van der Waals surface area contributed by atoms with Crippen molar-refractivity contribution in [2.75, 3.05) is 31.1 Å². The van der Waals surface area contributed by atoms with Crippen molar-refractivity contribution < 1.29 is 22.7 Å². The molecule has 2 saturated heterocycles. The number of anilines is 1. The van der Waals surface area contributed by atoms with Gasteiger partial charge in [-0.3, -0.25) is 9.69 Å². The minimum absolute atomic E-state index is 0.0345. The van der Waals surface area contributed by atoms with Gasteiger partial charge in [-0.15, -0.1) is 0 Å². The monoisotopic (exact) mass is 587 g/mol. The largest absolute Gasteiger partial charge is 0.490 e. The number of nitrogens with zero attached hydrogens (tertiary/aromatic N) is 2. The Hall–Kier alpha value is -4.04. The first-order chi connectivity index (χ1) is 20.8. The van der Waals surface area contributed by atoms with Crippen LogP contribution >= 0.6 is 0 Å². The molecule has 0 unspecified atom stereocenters. The Bertz CT molecular complexity index is 1530. The molecule has 0 aliphatic carbocycles. The number of alkyl halides is 3. The molecule has 1 N–H and O–H groups in total. The highest BCUT2D eigenvalue weighted by atomic mass is 19.4. The van der Waals surface area contributed by atoms with Crippen LogP contribution in [-0.2, 0) is 12.7 Å². The van der Waals surface area contributed by atoms with Crippen molar-refractivity contribution in [3.8, 4) is 5.75 Å². The molecule has 0 radical (unpaired) electrons. The highest BCUT2D eigenvalue weighted by Crippen LogP contribution is 2.32.